The highest BCUT2D eigenvalue weighted by Crippen LogP contribution is 2.30. The quantitative estimate of drug-likeness (QED) is 0.716. The molecule has 0 aromatic rings. The number of nitrogens with one attached hydrogen (secondary N) is 1. The van der Waals surface area contributed by atoms with Crippen molar-refractivity contribution < 1.29 is 0 Å². The molecule has 18 heavy (non-hydrogen) atoms. The summed E-state index contributed by atoms with van der Waals surface area (Å²) in [6.07, 6.45) is 14.4. The Kier molecular flexibility index (Phi) is 4.48. The van der Waals surface area contributed by atoms with Crippen LogP contribution in [0.4, 0.5) is 0 Å². The van der Waals surface area contributed by atoms with E-state index >= 15 is 0 Å². The Labute approximate surface area is 110 Å². The molecule has 0 aromatic carbocycles. The first-order valence-corrected chi connectivity index (χ1v) is 7.05. The van der Waals surface area contributed by atoms with Crippen molar-refractivity contribution in [1.82, 2.24) is 5.32 Å². The molecule has 0 radical (unpaired) electrons. The van der Waals surface area contributed by atoms with E-state index in [0.29, 0.717) is 12.0 Å². The molecule has 0 saturated heterocycles. The van der Waals surface area contributed by atoms with Crippen molar-refractivity contribution in [2.45, 2.75) is 51.1 Å². The van der Waals surface area contributed by atoms with E-state index < -0.39 is 0 Å². The molecule has 1 saturated carbocycles. The van der Waals surface area contributed by atoms with Crippen molar-refractivity contribution in [2.24, 2.45) is 17.4 Å². The highest BCUT2D eigenvalue weighted by molar-refractivity contribution is 5.39. The second kappa shape index (κ2) is 6.10. The van der Waals surface area contributed by atoms with E-state index in [-0.39, 0.29) is 6.04 Å². The van der Waals surface area contributed by atoms with Crippen LogP contribution in [0.5, 0.6) is 0 Å². The lowest BCUT2D eigenvalue weighted by atomic mass is 9.80. The zero-order valence-electron chi connectivity index (χ0n) is 11.2. The number of dihydropyridines is 1. The summed E-state index contributed by atoms with van der Waals surface area (Å²) in [6, 6.07) is 0.409. The Morgan fingerprint density at radius 3 is 2.72 bits per heavy atom. The molecule has 2 unspecified atom stereocenters. The summed E-state index contributed by atoms with van der Waals surface area (Å²) in [6.45, 7) is 2.13. The van der Waals surface area contributed by atoms with Gasteiger partial charge in [0.05, 0.1) is 0 Å². The largest absolute Gasteiger partial charge is 0.404 e. The van der Waals surface area contributed by atoms with E-state index in [9.17, 15) is 0 Å². The van der Waals surface area contributed by atoms with Gasteiger partial charge in [0.1, 0.15) is 0 Å². The molecule has 1 fully saturated rings. The van der Waals surface area contributed by atoms with Gasteiger partial charge in [-0.1, -0.05) is 31.4 Å². The first kappa shape index (κ1) is 13.2. The van der Waals surface area contributed by atoms with Gasteiger partial charge in [0.25, 0.3) is 0 Å². The third kappa shape index (κ3) is 2.96. The maximum absolute atomic E-state index is 6.43. The van der Waals surface area contributed by atoms with Crippen molar-refractivity contribution in [3.63, 3.8) is 0 Å². The molecule has 100 valence electrons. The van der Waals surface area contributed by atoms with Gasteiger partial charge in [-0.3, -0.25) is 0 Å². The van der Waals surface area contributed by atoms with Gasteiger partial charge in [0.2, 0.25) is 0 Å². The van der Waals surface area contributed by atoms with Crippen LogP contribution in [0.15, 0.2) is 35.7 Å². The second-order valence-electron chi connectivity index (χ2n) is 5.44. The summed E-state index contributed by atoms with van der Waals surface area (Å²) in [5.74, 6) is 0.581. The minimum absolute atomic E-state index is 0.0627. The molecule has 1 aliphatic heterocycles. The Morgan fingerprint density at radius 2 is 2.11 bits per heavy atom. The van der Waals surface area contributed by atoms with Gasteiger partial charge in [-0.05, 0) is 31.8 Å². The molecular formula is C15H25N3. The van der Waals surface area contributed by atoms with Gasteiger partial charge >= 0.3 is 0 Å². The van der Waals surface area contributed by atoms with Gasteiger partial charge < -0.3 is 16.8 Å². The van der Waals surface area contributed by atoms with E-state index in [1.807, 2.05) is 0 Å². The molecule has 2 aliphatic rings. The number of nitrogens with two attached hydrogens (primary N) is 2. The highest BCUT2D eigenvalue weighted by atomic mass is 14.9. The van der Waals surface area contributed by atoms with Crippen LogP contribution in [0.2, 0.25) is 0 Å². The lowest BCUT2D eigenvalue weighted by Crippen LogP contribution is -2.38. The van der Waals surface area contributed by atoms with Crippen LogP contribution in [-0.2, 0) is 0 Å². The van der Waals surface area contributed by atoms with Gasteiger partial charge in [-0.2, -0.15) is 0 Å². The first-order valence-electron chi connectivity index (χ1n) is 7.05. The molecule has 0 amide bonds. The third-order valence-electron chi connectivity index (χ3n) is 4.05. The standard InChI is InChI=1S/C15H25N3/c1-11-6-5-9-14(18-11)13(10-16)15(17)12-7-3-2-4-8-12/h5-6,9-12,15,18H,2-4,7-8,16-17H2,1H3/b13-10-. The van der Waals surface area contributed by atoms with E-state index in [1.165, 1.54) is 32.1 Å². The minimum atomic E-state index is 0.0627. The summed E-state index contributed by atoms with van der Waals surface area (Å²) < 4.78 is 0. The fourth-order valence-electron chi connectivity index (χ4n) is 2.97. The maximum Gasteiger partial charge on any atom is 0.0419 e. The van der Waals surface area contributed by atoms with Crippen molar-refractivity contribution in [2.75, 3.05) is 0 Å². The zero-order valence-corrected chi connectivity index (χ0v) is 11.2. The van der Waals surface area contributed by atoms with Gasteiger partial charge in [-0.25, -0.2) is 0 Å². The van der Waals surface area contributed by atoms with Gasteiger partial charge in [0, 0.05) is 29.6 Å². The average Bonchev–Trinajstić information content (AvgIpc) is 2.40. The van der Waals surface area contributed by atoms with Crippen molar-refractivity contribution in [3.8, 4) is 0 Å². The number of hydrogen-bond donors (Lipinski definition) is 3. The fraction of sp³-hybridized carbons (Fsp3) is 0.600. The topological polar surface area (TPSA) is 64.1 Å². The van der Waals surface area contributed by atoms with E-state index in [2.05, 4.69) is 30.5 Å². The highest BCUT2D eigenvalue weighted by Gasteiger charge is 2.25. The van der Waals surface area contributed by atoms with Crippen LogP contribution < -0.4 is 16.8 Å². The Hall–Kier alpha value is -1.22. The predicted octanol–water partition coefficient (Wildman–Crippen LogP) is 2.17. The molecule has 1 heterocycles. The summed E-state index contributed by atoms with van der Waals surface area (Å²) in [5, 5.41) is 3.43. The van der Waals surface area contributed by atoms with Crippen LogP contribution in [0.25, 0.3) is 0 Å². The Balaban J connectivity index is 2.08. The molecular weight excluding hydrogens is 222 g/mol. The molecule has 3 heteroatoms. The number of hydrogen-bond acceptors (Lipinski definition) is 3. The molecule has 0 aromatic heterocycles. The SMILES string of the molecule is CC1C=CC=C(/C(=C/N)C(N)C2CCCCC2)N1. The molecule has 3 nitrogen and oxygen atoms in total. The number of rotatable bonds is 3. The van der Waals surface area contributed by atoms with E-state index in [4.69, 9.17) is 11.5 Å². The predicted molar refractivity (Wildman–Crippen MR) is 76.6 cm³/mol. The van der Waals surface area contributed by atoms with Crippen LogP contribution in [0.1, 0.15) is 39.0 Å². The average molecular weight is 247 g/mol. The normalized spacial score (nSPS) is 27.6. The van der Waals surface area contributed by atoms with Crippen LogP contribution in [0, 0.1) is 5.92 Å². The lowest BCUT2D eigenvalue weighted by molar-refractivity contribution is 0.325. The summed E-state index contributed by atoms with van der Waals surface area (Å²) in [7, 11) is 0. The Morgan fingerprint density at radius 1 is 1.39 bits per heavy atom. The zero-order chi connectivity index (χ0) is 13.0. The lowest BCUT2D eigenvalue weighted by Gasteiger charge is -2.31. The summed E-state index contributed by atoms with van der Waals surface area (Å²) >= 11 is 0. The summed E-state index contributed by atoms with van der Waals surface area (Å²) in [5.41, 5.74) is 14.4. The van der Waals surface area contributed by atoms with Crippen LogP contribution in [-0.4, -0.2) is 12.1 Å². The smallest absolute Gasteiger partial charge is 0.0419 e. The van der Waals surface area contributed by atoms with E-state index in [1.54, 1.807) is 6.20 Å². The van der Waals surface area contributed by atoms with E-state index in [0.717, 1.165) is 11.3 Å². The van der Waals surface area contributed by atoms with Crippen molar-refractivity contribution in [1.29, 1.82) is 0 Å². The maximum atomic E-state index is 6.43. The first-order chi connectivity index (χ1) is 8.72. The third-order valence-corrected chi connectivity index (χ3v) is 4.05. The number of allylic oxidation sites excluding steroid dienone is 2. The molecule has 1 aliphatic carbocycles. The molecule has 2 rings (SSSR count). The fourth-order valence-corrected chi connectivity index (χ4v) is 2.97. The molecule has 0 bridgehead atoms. The molecule has 0 spiro atoms. The van der Waals surface area contributed by atoms with Crippen LogP contribution >= 0.6 is 0 Å². The van der Waals surface area contributed by atoms with Gasteiger partial charge in [-0.15, -0.1) is 0 Å². The van der Waals surface area contributed by atoms with Crippen LogP contribution in [0.3, 0.4) is 0 Å². The van der Waals surface area contributed by atoms with Gasteiger partial charge in [0.15, 0.2) is 0 Å². The molecule has 2 atom stereocenters. The minimum Gasteiger partial charge on any atom is -0.404 e. The summed E-state index contributed by atoms with van der Waals surface area (Å²) in [4.78, 5) is 0. The Bertz CT molecular complexity index is 362. The monoisotopic (exact) mass is 247 g/mol. The second-order valence-corrected chi connectivity index (χ2v) is 5.44. The van der Waals surface area contributed by atoms with Crippen molar-refractivity contribution in [3.05, 3.63) is 35.7 Å². The van der Waals surface area contributed by atoms with Crippen molar-refractivity contribution >= 4 is 0 Å². The molecule has 5 N–H and O–H groups in total.